The minimum atomic E-state index is 0.347. The van der Waals surface area contributed by atoms with E-state index >= 15 is 0 Å². The van der Waals surface area contributed by atoms with Crippen molar-refractivity contribution in [1.82, 2.24) is 0 Å². The highest BCUT2D eigenvalue weighted by Gasteiger charge is 2.17. The van der Waals surface area contributed by atoms with Crippen LogP contribution in [0.3, 0.4) is 0 Å². The molecule has 14 heavy (non-hydrogen) atoms. The lowest BCUT2D eigenvalue weighted by molar-refractivity contribution is 0.463. The van der Waals surface area contributed by atoms with E-state index in [1.54, 1.807) is 0 Å². The predicted molar refractivity (Wildman–Crippen MR) is 70.0 cm³/mol. The summed E-state index contributed by atoms with van der Waals surface area (Å²) in [6.07, 6.45) is 1.74. The summed E-state index contributed by atoms with van der Waals surface area (Å²) in [6, 6.07) is 0. The quantitative estimate of drug-likeness (QED) is 0.723. The summed E-state index contributed by atoms with van der Waals surface area (Å²) in [6.45, 7) is 4.13. The Morgan fingerprint density at radius 2 is 1.36 bits per heavy atom. The average molecular weight is 387 g/mol. The molecule has 1 rings (SSSR count). The minimum Gasteiger partial charge on any atom is -0.506 e. The van der Waals surface area contributed by atoms with Crippen molar-refractivity contribution in [3.8, 4) is 5.75 Å². The summed E-state index contributed by atoms with van der Waals surface area (Å²) in [5.41, 5.74) is 2.18. The third-order valence-electron chi connectivity index (χ3n) is 2.22. The largest absolute Gasteiger partial charge is 0.506 e. The predicted octanol–water partition coefficient (Wildman–Crippen LogP) is 4.80. The zero-order chi connectivity index (χ0) is 10.9. The van der Waals surface area contributed by atoms with Crippen LogP contribution in [0.25, 0.3) is 0 Å². The summed E-state index contributed by atoms with van der Waals surface area (Å²) in [5, 5.41) is 9.92. The van der Waals surface area contributed by atoms with Gasteiger partial charge in [0.15, 0.2) is 0 Å². The molecule has 1 nitrogen and oxygen atoms in total. The van der Waals surface area contributed by atoms with Gasteiger partial charge in [-0.05, 0) is 71.8 Å². The van der Waals surface area contributed by atoms with Gasteiger partial charge in [-0.15, -0.1) is 0 Å². The summed E-state index contributed by atoms with van der Waals surface area (Å²) in [7, 11) is 0. The van der Waals surface area contributed by atoms with Gasteiger partial charge in [0.25, 0.3) is 0 Å². The van der Waals surface area contributed by atoms with Gasteiger partial charge in [-0.2, -0.15) is 0 Å². The lowest BCUT2D eigenvalue weighted by Crippen LogP contribution is -1.95. The molecule has 0 fully saturated rings. The normalized spacial score (nSPS) is 10.6. The number of benzene rings is 1. The third-order valence-corrected chi connectivity index (χ3v) is 5.72. The van der Waals surface area contributed by atoms with Crippen LogP contribution < -0.4 is 0 Å². The number of phenolic OH excluding ortho intramolecular Hbond substituents is 1. The van der Waals surface area contributed by atoms with Crippen molar-refractivity contribution in [1.29, 1.82) is 0 Å². The van der Waals surface area contributed by atoms with Crippen LogP contribution in [-0.2, 0) is 12.8 Å². The Balaban J connectivity index is 3.57. The number of phenols is 1. The Hall–Kier alpha value is 0.460. The molecular weight excluding hydrogens is 376 g/mol. The lowest BCUT2D eigenvalue weighted by Gasteiger charge is -2.14. The Bertz CT molecular complexity index is 326. The number of aromatic hydroxyl groups is 1. The molecule has 1 N–H and O–H groups in total. The number of hydrogen-bond donors (Lipinski definition) is 1. The Morgan fingerprint density at radius 3 is 1.79 bits per heavy atom. The van der Waals surface area contributed by atoms with Crippen molar-refractivity contribution in [3.63, 3.8) is 0 Å². The molecule has 0 atom stereocenters. The molecule has 0 bridgehead atoms. The molecule has 0 aromatic heterocycles. The maximum absolute atomic E-state index is 9.92. The van der Waals surface area contributed by atoms with Gasteiger partial charge in [0.05, 0.1) is 4.47 Å². The highest BCUT2D eigenvalue weighted by Crippen LogP contribution is 2.43. The van der Waals surface area contributed by atoms with E-state index in [0.717, 1.165) is 31.8 Å². The maximum Gasteiger partial charge on any atom is 0.134 e. The number of halogens is 3. The SMILES string of the molecule is CCc1c(O)c(Br)c(Br)c(Br)c1CC. The van der Waals surface area contributed by atoms with E-state index in [1.807, 2.05) is 6.92 Å². The first-order valence-electron chi connectivity index (χ1n) is 4.41. The van der Waals surface area contributed by atoms with Crippen LogP contribution in [0, 0.1) is 0 Å². The number of rotatable bonds is 2. The molecular formula is C10H11Br3O. The van der Waals surface area contributed by atoms with Crippen LogP contribution in [0.1, 0.15) is 25.0 Å². The van der Waals surface area contributed by atoms with E-state index in [4.69, 9.17) is 0 Å². The minimum absolute atomic E-state index is 0.347. The van der Waals surface area contributed by atoms with Crippen LogP contribution in [0.2, 0.25) is 0 Å². The number of hydrogen-bond acceptors (Lipinski definition) is 1. The van der Waals surface area contributed by atoms with E-state index in [2.05, 4.69) is 54.7 Å². The van der Waals surface area contributed by atoms with Gasteiger partial charge in [-0.3, -0.25) is 0 Å². The molecule has 4 heteroatoms. The zero-order valence-corrected chi connectivity index (χ0v) is 12.8. The van der Waals surface area contributed by atoms with E-state index in [1.165, 1.54) is 5.56 Å². The second-order valence-corrected chi connectivity index (χ2v) is 5.33. The molecule has 0 radical (unpaired) electrons. The van der Waals surface area contributed by atoms with Gasteiger partial charge in [0.2, 0.25) is 0 Å². The third kappa shape index (κ3) is 2.02. The van der Waals surface area contributed by atoms with Gasteiger partial charge in [0, 0.05) is 8.95 Å². The second-order valence-electron chi connectivity index (χ2n) is 2.95. The van der Waals surface area contributed by atoms with Crippen molar-refractivity contribution in [2.45, 2.75) is 26.7 Å². The van der Waals surface area contributed by atoms with Gasteiger partial charge < -0.3 is 5.11 Å². The van der Waals surface area contributed by atoms with Crippen molar-refractivity contribution in [2.24, 2.45) is 0 Å². The fourth-order valence-corrected chi connectivity index (χ4v) is 3.34. The summed E-state index contributed by atoms with van der Waals surface area (Å²) in [4.78, 5) is 0. The molecule has 0 saturated heterocycles. The standard InChI is InChI=1S/C10H11Br3O/c1-3-5-6(4-2)10(14)9(13)8(12)7(5)11/h14H,3-4H2,1-2H3. The smallest absolute Gasteiger partial charge is 0.134 e. The molecule has 0 saturated carbocycles. The Kier molecular flexibility index (Phi) is 4.47. The fourth-order valence-electron chi connectivity index (χ4n) is 1.49. The molecule has 0 heterocycles. The van der Waals surface area contributed by atoms with Gasteiger partial charge in [-0.1, -0.05) is 13.8 Å². The lowest BCUT2D eigenvalue weighted by atomic mass is 10.0. The molecule has 0 aliphatic rings. The molecule has 0 unspecified atom stereocenters. The van der Waals surface area contributed by atoms with Crippen LogP contribution >= 0.6 is 47.8 Å². The highest BCUT2D eigenvalue weighted by molar-refractivity contribution is 9.14. The van der Waals surface area contributed by atoms with Crippen LogP contribution in [0.15, 0.2) is 13.4 Å². The van der Waals surface area contributed by atoms with Crippen LogP contribution in [0.4, 0.5) is 0 Å². The average Bonchev–Trinajstić information content (AvgIpc) is 2.20. The van der Waals surface area contributed by atoms with Crippen molar-refractivity contribution < 1.29 is 5.11 Å². The van der Waals surface area contributed by atoms with Crippen LogP contribution in [0.5, 0.6) is 5.75 Å². The highest BCUT2D eigenvalue weighted by atomic mass is 79.9. The first-order chi connectivity index (χ1) is 6.54. The summed E-state index contributed by atoms with van der Waals surface area (Å²) in [5.74, 6) is 0.347. The van der Waals surface area contributed by atoms with E-state index in [0.29, 0.717) is 5.75 Å². The molecule has 0 amide bonds. The second kappa shape index (κ2) is 4.99. The summed E-state index contributed by atoms with van der Waals surface area (Å²) < 4.78 is 2.63. The van der Waals surface area contributed by atoms with Crippen LogP contribution in [-0.4, -0.2) is 5.11 Å². The van der Waals surface area contributed by atoms with Gasteiger partial charge in [-0.25, -0.2) is 0 Å². The zero-order valence-electron chi connectivity index (χ0n) is 8.00. The maximum atomic E-state index is 9.92. The molecule has 1 aromatic rings. The monoisotopic (exact) mass is 384 g/mol. The Labute approximate surface area is 109 Å². The molecule has 0 aliphatic heterocycles. The fraction of sp³-hybridized carbons (Fsp3) is 0.400. The Morgan fingerprint density at radius 1 is 0.857 bits per heavy atom. The van der Waals surface area contributed by atoms with Crippen molar-refractivity contribution in [3.05, 3.63) is 24.5 Å². The molecule has 78 valence electrons. The van der Waals surface area contributed by atoms with E-state index in [9.17, 15) is 5.11 Å². The first kappa shape index (κ1) is 12.5. The first-order valence-corrected chi connectivity index (χ1v) is 6.79. The van der Waals surface area contributed by atoms with Gasteiger partial charge in [0.1, 0.15) is 5.75 Å². The van der Waals surface area contributed by atoms with Crippen molar-refractivity contribution in [2.75, 3.05) is 0 Å². The molecule has 0 aliphatic carbocycles. The van der Waals surface area contributed by atoms with Gasteiger partial charge >= 0.3 is 0 Å². The van der Waals surface area contributed by atoms with E-state index in [-0.39, 0.29) is 0 Å². The topological polar surface area (TPSA) is 20.2 Å². The molecule has 1 aromatic carbocycles. The summed E-state index contributed by atoms with van der Waals surface area (Å²) >= 11 is 10.3. The van der Waals surface area contributed by atoms with Crippen molar-refractivity contribution >= 4 is 47.8 Å². The van der Waals surface area contributed by atoms with E-state index < -0.39 is 0 Å². The molecule has 0 spiro atoms.